The third-order valence-electron chi connectivity index (χ3n) is 6.50. The summed E-state index contributed by atoms with van der Waals surface area (Å²) < 4.78 is 17.1. The highest BCUT2D eigenvalue weighted by molar-refractivity contribution is 6.43. The normalized spacial score (nSPS) is 20.6. The standard InChI is InChI=1S/C24H26BNO6/c27-23(26-22(25(28)29)12-17-13-31-21-4-2-1-3-19(17)21)8-6-16-5-7-20-18(11-16)14-32-24(20)9-10-30-15-24/h1-5,7,11,13,22,28-29H,6,8-10,12,14-15H2,(H,26,27)/t22-,24?/m0/s1. The number of fused-ring (bicyclic) bond motifs is 3. The van der Waals surface area contributed by atoms with Crippen LogP contribution in [0.3, 0.4) is 0 Å². The van der Waals surface area contributed by atoms with Gasteiger partial charge in [0.05, 0.1) is 25.4 Å². The zero-order valence-corrected chi connectivity index (χ0v) is 17.8. The number of benzene rings is 2. The second-order valence-corrected chi connectivity index (χ2v) is 8.63. The number of aryl methyl sites for hydroxylation is 1. The molecular formula is C24H26BNO6. The van der Waals surface area contributed by atoms with E-state index < -0.39 is 13.1 Å². The van der Waals surface area contributed by atoms with Gasteiger partial charge >= 0.3 is 7.12 Å². The number of nitrogens with one attached hydrogen (secondary N) is 1. The van der Waals surface area contributed by atoms with Crippen molar-refractivity contribution in [3.05, 3.63) is 71.0 Å². The summed E-state index contributed by atoms with van der Waals surface area (Å²) in [4.78, 5) is 12.6. The molecule has 1 spiro atoms. The second-order valence-electron chi connectivity index (χ2n) is 8.63. The van der Waals surface area contributed by atoms with Gasteiger partial charge in [-0.05, 0) is 41.2 Å². The predicted molar refractivity (Wildman–Crippen MR) is 119 cm³/mol. The van der Waals surface area contributed by atoms with Crippen LogP contribution >= 0.6 is 0 Å². The topological polar surface area (TPSA) is 101 Å². The smallest absolute Gasteiger partial charge is 0.464 e. The quantitative estimate of drug-likeness (QED) is 0.493. The lowest BCUT2D eigenvalue weighted by Crippen LogP contribution is -2.47. The molecule has 166 valence electrons. The molecule has 5 rings (SSSR count). The summed E-state index contributed by atoms with van der Waals surface area (Å²) in [5, 5.41) is 23.3. The van der Waals surface area contributed by atoms with Crippen LogP contribution < -0.4 is 5.32 Å². The number of para-hydroxylation sites is 1. The van der Waals surface area contributed by atoms with Crippen LogP contribution in [-0.4, -0.2) is 42.2 Å². The molecule has 1 unspecified atom stereocenters. The highest BCUT2D eigenvalue weighted by atomic mass is 16.6. The maximum absolute atomic E-state index is 12.6. The molecule has 3 N–H and O–H groups in total. The summed E-state index contributed by atoms with van der Waals surface area (Å²) in [6.45, 7) is 1.88. The number of furan rings is 1. The Morgan fingerprint density at radius 2 is 2.09 bits per heavy atom. The summed E-state index contributed by atoms with van der Waals surface area (Å²) in [6, 6.07) is 13.8. The number of hydrogen-bond acceptors (Lipinski definition) is 6. The molecule has 2 aliphatic rings. The minimum atomic E-state index is -1.67. The molecule has 1 fully saturated rings. The van der Waals surface area contributed by atoms with E-state index >= 15 is 0 Å². The van der Waals surface area contributed by atoms with Crippen molar-refractivity contribution in [1.29, 1.82) is 0 Å². The fourth-order valence-corrected chi connectivity index (χ4v) is 4.73. The molecule has 0 bridgehead atoms. The van der Waals surface area contributed by atoms with Crippen LogP contribution in [0.5, 0.6) is 0 Å². The monoisotopic (exact) mass is 435 g/mol. The molecule has 3 aromatic rings. The van der Waals surface area contributed by atoms with Gasteiger partial charge < -0.3 is 29.3 Å². The van der Waals surface area contributed by atoms with E-state index in [-0.39, 0.29) is 24.3 Å². The minimum Gasteiger partial charge on any atom is -0.464 e. The fraction of sp³-hybridized carbons (Fsp3) is 0.375. The zero-order valence-electron chi connectivity index (χ0n) is 17.8. The van der Waals surface area contributed by atoms with Crippen LogP contribution in [0, 0.1) is 0 Å². The molecule has 7 nitrogen and oxygen atoms in total. The summed E-state index contributed by atoms with van der Waals surface area (Å²) >= 11 is 0. The van der Waals surface area contributed by atoms with E-state index in [0.29, 0.717) is 26.2 Å². The lowest BCUT2D eigenvalue weighted by atomic mass is 9.75. The van der Waals surface area contributed by atoms with E-state index in [4.69, 9.17) is 13.9 Å². The third kappa shape index (κ3) is 4.07. The van der Waals surface area contributed by atoms with Gasteiger partial charge in [0.2, 0.25) is 5.91 Å². The van der Waals surface area contributed by atoms with Crippen molar-refractivity contribution in [2.24, 2.45) is 0 Å². The lowest BCUT2D eigenvalue weighted by molar-refractivity contribution is -0.121. The molecule has 0 saturated carbocycles. The van der Waals surface area contributed by atoms with Crippen LogP contribution in [0.25, 0.3) is 11.0 Å². The van der Waals surface area contributed by atoms with E-state index in [2.05, 4.69) is 17.4 Å². The van der Waals surface area contributed by atoms with Crippen molar-refractivity contribution < 1.29 is 28.7 Å². The first-order valence-electron chi connectivity index (χ1n) is 11.0. The van der Waals surface area contributed by atoms with E-state index in [9.17, 15) is 14.8 Å². The summed E-state index contributed by atoms with van der Waals surface area (Å²) in [7, 11) is -1.67. The number of ether oxygens (including phenoxy) is 2. The van der Waals surface area contributed by atoms with Crippen LogP contribution in [-0.2, 0) is 39.3 Å². The van der Waals surface area contributed by atoms with Crippen LogP contribution in [0.15, 0.2) is 53.1 Å². The Kier molecular flexibility index (Phi) is 5.77. The van der Waals surface area contributed by atoms with Crippen molar-refractivity contribution >= 4 is 24.0 Å². The van der Waals surface area contributed by atoms with Gasteiger partial charge in [-0.3, -0.25) is 4.79 Å². The molecule has 3 heterocycles. The first-order valence-corrected chi connectivity index (χ1v) is 11.0. The molecule has 1 aromatic heterocycles. The van der Waals surface area contributed by atoms with E-state index in [1.165, 1.54) is 5.56 Å². The van der Waals surface area contributed by atoms with E-state index in [1.54, 1.807) is 6.26 Å². The van der Waals surface area contributed by atoms with Crippen LogP contribution in [0.1, 0.15) is 35.1 Å². The molecule has 2 aromatic carbocycles. The molecule has 2 aliphatic heterocycles. The second kappa shape index (κ2) is 8.71. The van der Waals surface area contributed by atoms with Crippen molar-refractivity contribution in [3.63, 3.8) is 0 Å². The predicted octanol–water partition coefficient (Wildman–Crippen LogP) is 2.25. The molecular weight excluding hydrogens is 409 g/mol. The van der Waals surface area contributed by atoms with Gasteiger partial charge in [-0.15, -0.1) is 0 Å². The number of amides is 1. The fourth-order valence-electron chi connectivity index (χ4n) is 4.73. The maximum atomic E-state index is 12.6. The van der Waals surface area contributed by atoms with Crippen LogP contribution in [0.4, 0.5) is 0 Å². The van der Waals surface area contributed by atoms with Crippen molar-refractivity contribution in [2.45, 2.75) is 43.8 Å². The van der Waals surface area contributed by atoms with Crippen LogP contribution in [0.2, 0.25) is 0 Å². The molecule has 32 heavy (non-hydrogen) atoms. The van der Waals surface area contributed by atoms with E-state index in [0.717, 1.165) is 34.1 Å². The summed E-state index contributed by atoms with van der Waals surface area (Å²) in [6.07, 6.45) is 3.55. The number of carbonyl (C=O) groups excluding carboxylic acids is 1. The van der Waals surface area contributed by atoms with E-state index in [1.807, 2.05) is 30.3 Å². The molecule has 0 aliphatic carbocycles. The van der Waals surface area contributed by atoms with Gasteiger partial charge in [0, 0.05) is 24.8 Å². The summed E-state index contributed by atoms with van der Waals surface area (Å²) in [5.74, 6) is -1.05. The zero-order chi connectivity index (χ0) is 22.1. The van der Waals surface area contributed by atoms with Crippen molar-refractivity contribution in [3.8, 4) is 0 Å². The first kappa shape index (κ1) is 21.2. The Morgan fingerprint density at radius 3 is 2.91 bits per heavy atom. The van der Waals surface area contributed by atoms with Gasteiger partial charge in [0.25, 0.3) is 0 Å². The number of hydrogen-bond donors (Lipinski definition) is 3. The molecule has 8 heteroatoms. The molecule has 1 amide bonds. The van der Waals surface area contributed by atoms with Gasteiger partial charge in [-0.25, -0.2) is 0 Å². The average Bonchev–Trinajstić information content (AvgIpc) is 3.52. The average molecular weight is 435 g/mol. The summed E-state index contributed by atoms with van der Waals surface area (Å²) in [5.41, 5.74) is 4.66. The van der Waals surface area contributed by atoms with Gasteiger partial charge in [0.15, 0.2) is 0 Å². The van der Waals surface area contributed by atoms with Gasteiger partial charge in [0.1, 0.15) is 11.2 Å². The largest absolute Gasteiger partial charge is 0.475 e. The Labute approximate surface area is 186 Å². The van der Waals surface area contributed by atoms with Crippen molar-refractivity contribution in [2.75, 3.05) is 13.2 Å². The minimum absolute atomic E-state index is 0.228. The molecule has 1 saturated heterocycles. The third-order valence-corrected chi connectivity index (χ3v) is 6.50. The Balaban J connectivity index is 1.20. The Morgan fingerprint density at radius 1 is 1.22 bits per heavy atom. The number of rotatable bonds is 7. The highest BCUT2D eigenvalue weighted by Crippen LogP contribution is 2.42. The van der Waals surface area contributed by atoms with Gasteiger partial charge in [-0.1, -0.05) is 36.4 Å². The highest BCUT2D eigenvalue weighted by Gasteiger charge is 2.43. The molecule has 2 atom stereocenters. The SMILES string of the molecule is O=C(CCc1ccc2c(c1)COC21CCOC1)N[C@@H](Cc1coc2ccccc12)B(O)O. The maximum Gasteiger partial charge on any atom is 0.475 e. The lowest BCUT2D eigenvalue weighted by Gasteiger charge is -2.21. The number of carbonyl (C=O) groups is 1. The van der Waals surface area contributed by atoms with Crippen molar-refractivity contribution in [1.82, 2.24) is 5.32 Å². The Hall–Kier alpha value is -2.65. The first-order chi connectivity index (χ1) is 15.5. The molecule has 0 radical (unpaired) electrons. The van der Waals surface area contributed by atoms with Gasteiger partial charge in [-0.2, -0.15) is 0 Å². The Bertz CT molecular complexity index is 1120.